The largest absolute Gasteiger partial charge is 0.496 e. The van der Waals surface area contributed by atoms with E-state index in [1.807, 2.05) is 66.7 Å². The van der Waals surface area contributed by atoms with Crippen molar-refractivity contribution in [3.8, 4) is 11.5 Å². The number of hydrogen-bond acceptors (Lipinski definition) is 4. The molecule has 4 heteroatoms. The molecule has 0 aliphatic rings. The molecule has 170 valence electrons. The summed E-state index contributed by atoms with van der Waals surface area (Å²) in [4.78, 5) is 0. The SMILES string of the molecule is COc1ccccc1CCCC(C)(C)NCC(O)c1ccc(OCc2ccccc2)cc1. The highest BCUT2D eigenvalue weighted by Crippen LogP contribution is 2.23. The number of rotatable bonds is 12. The summed E-state index contributed by atoms with van der Waals surface area (Å²) in [6, 6.07) is 26.0. The number of aliphatic hydroxyl groups excluding tert-OH is 1. The van der Waals surface area contributed by atoms with Crippen LogP contribution in [-0.2, 0) is 13.0 Å². The predicted octanol–water partition coefficient (Wildman–Crippen LogP) is 5.70. The first kappa shape index (κ1) is 23.8. The average Bonchev–Trinajstić information content (AvgIpc) is 2.82. The minimum absolute atomic E-state index is 0.0677. The zero-order valence-corrected chi connectivity index (χ0v) is 19.4. The van der Waals surface area contributed by atoms with Crippen molar-refractivity contribution in [1.82, 2.24) is 5.32 Å². The molecular weight excluding hydrogens is 398 g/mol. The molecular formula is C28H35NO3. The molecule has 0 aliphatic heterocycles. The molecule has 0 bridgehead atoms. The van der Waals surface area contributed by atoms with Crippen LogP contribution >= 0.6 is 0 Å². The molecule has 1 unspecified atom stereocenters. The molecule has 3 aromatic carbocycles. The van der Waals surface area contributed by atoms with Crippen LogP contribution in [0, 0.1) is 0 Å². The number of hydrogen-bond donors (Lipinski definition) is 2. The minimum atomic E-state index is -0.563. The molecule has 1 atom stereocenters. The van der Waals surface area contributed by atoms with Crippen molar-refractivity contribution in [1.29, 1.82) is 0 Å². The highest BCUT2D eigenvalue weighted by Gasteiger charge is 2.19. The van der Waals surface area contributed by atoms with Gasteiger partial charge in [0.05, 0.1) is 13.2 Å². The van der Waals surface area contributed by atoms with Crippen LogP contribution in [0.5, 0.6) is 11.5 Å². The van der Waals surface area contributed by atoms with E-state index in [0.29, 0.717) is 13.2 Å². The van der Waals surface area contributed by atoms with E-state index in [9.17, 15) is 5.11 Å². The Labute approximate surface area is 192 Å². The summed E-state index contributed by atoms with van der Waals surface area (Å²) in [5.74, 6) is 1.75. The maximum Gasteiger partial charge on any atom is 0.122 e. The molecule has 0 fully saturated rings. The predicted molar refractivity (Wildman–Crippen MR) is 130 cm³/mol. The van der Waals surface area contributed by atoms with Crippen LogP contribution in [0.15, 0.2) is 78.9 Å². The summed E-state index contributed by atoms with van der Waals surface area (Å²) in [5.41, 5.74) is 3.19. The summed E-state index contributed by atoms with van der Waals surface area (Å²) < 4.78 is 11.3. The lowest BCUT2D eigenvalue weighted by Crippen LogP contribution is -2.41. The number of nitrogens with one attached hydrogen (secondary N) is 1. The fourth-order valence-corrected chi connectivity index (χ4v) is 3.74. The fourth-order valence-electron chi connectivity index (χ4n) is 3.74. The van der Waals surface area contributed by atoms with Gasteiger partial charge in [0.2, 0.25) is 0 Å². The van der Waals surface area contributed by atoms with Crippen molar-refractivity contribution in [3.05, 3.63) is 95.6 Å². The van der Waals surface area contributed by atoms with Crippen LogP contribution in [0.3, 0.4) is 0 Å². The molecule has 0 saturated carbocycles. The molecule has 2 N–H and O–H groups in total. The minimum Gasteiger partial charge on any atom is -0.496 e. The lowest BCUT2D eigenvalue weighted by molar-refractivity contribution is 0.158. The second-order valence-electron chi connectivity index (χ2n) is 8.79. The van der Waals surface area contributed by atoms with Gasteiger partial charge in [0.1, 0.15) is 18.1 Å². The molecule has 0 amide bonds. The van der Waals surface area contributed by atoms with Crippen molar-refractivity contribution in [2.24, 2.45) is 0 Å². The summed E-state index contributed by atoms with van der Waals surface area (Å²) >= 11 is 0. The molecule has 0 aromatic heterocycles. The Kier molecular flexibility index (Phi) is 8.72. The molecule has 0 aliphatic carbocycles. The zero-order valence-electron chi connectivity index (χ0n) is 19.4. The Morgan fingerprint density at radius 2 is 1.59 bits per heavy atom. The molecule has 3 rings (SSSR count). The number of aliphatic hydroxyl groups is 1. The van der Waals surface area contributed by atoms with Crippen LogP contribution in [0.4, 0.5) is 0 Å². The van der Waals surface area contributed by atoms with Crippen molar-refractivity contribution in [2.45, 2.75) is 51.4 Å². The van der Waals surface area contributed by atoms with E-state index in [2.05, 4.69) is 31.3 Å². The normalized spacial score (nSPS) is 12.4. The fraction of sp³-hybridized carbons (Fsp3) is 0.357. The van der Waals surface area contributed by atoms with Gasteiger partial charge >= 0.3 is 0 Å². The van der Waals surface area contributed by atoms with E-state index in [1.54, 1.807) is 7.11 Å². The van der Waals surface area contributed by atoms with Gasteiger partial charge < -0.3 is 19.9 Å². The van der Waals surface area contributed by atoms with Gasteiger partial charge in [-0.05, 0) is 68.0 Å². The number of methoxy groups -OCH3 is 1. The van der Waals surface area contributed by atoms with E-state index in [-0.39, 0.29) is 5.54 Å². The van der Waals surface area contributed by atoms with Gasteiger partial charge in [-0.2, -0.15) is 0 Å². The van der Waals surface area contributed by atoms with E-state index in [1.165, 1.54) is 5.56 Å². The maximum absolute atomic E-state index is 10.6. The topological polar surface area (TPSA) is 50.7 Å². The van der Waals surface area contributed by atoms with E-state index in [4.69, 9.17) is 9.47 Å². The number of ether oxygens (including phenoxy) is 2. The van der Waals surface area contributed by atoms with Gasteiger partial charge in [-0.15, -0.1) is 0 Å². The zero-order chi connectivity index (χ0) is 22.8. The van der Waals surface area contributed by atoms with Gasteiger partial charge in [-0.3, -0.25) is 0 Å². The highest BCUT2D eigenvalue weighted by atomic mass is 16.5. The molecule has 0 saturated heterocycles. The van der Waals surface area contributed by atoms with Crippen LogP contribution < -0.4 is 14.8 Å². The summed E-state index contributed by atoms with van der Waals surface area (Å²) in [7, 11) is 1.72. The number of aryl methyl sites for hydroxylation is 1. The van der Waals surface area contributed by atoms with E-state index < -0.39 is 6.10 Å². The van der Waals surface area contributed by atoms with Crippen LogP contribution in [0.25, 0.3) is 0 Å². The second kappa shape index (κ2) is 11.7. The van der Waals surface area contributed by atoms with Crippen LogP contribution in [0.2, 0.25) is 0 Å². The monoisotopic (exact) mass is 433 g/mol. The standard InChI is InChI=1S/C28H35NO3/c1-28(2,19-9-13-24-12-7-8-14-27(24)31-3)29-20-26(30)23-15-17-25(18-16-23)32-21-22-10-5-4-6-11-22/h4-8,10-12,14-18,26,29-30H,9,13,19-21H2,1-3H3. The average molecular weight is 434 g/mol. The molecule has 4 nitrogen and oxygen atoms in total. The quantitative estimate of drug-likeness (QED) is 0.385. The first-order valence-electron chi connectivity index (χ1n) is 11.3. The molecule has 0 heterocycles. The third kappa shape index (κ3) is 7.40. The number of para-hydroxylation sites is 1. The van der Waals surface area contributed by atoms with Crippen LogP contribution in [-0.4, -0.2) is 24.3 Å². The molecule has 3 aromatic rings. The summed E-state index contributed by atoms with van der Waals surface area (Å²) in [6.07, 6.45) is 2.46. The van der Waals surface area contributed by atoms with Crippen molar-refractivity contribution < 1.29 is 14.6 Å². The smallest absolute Gasteiger partial charge is 0.122 e. The third-order valence-corrected chi connectivity index (χ3v) is 5.73. The van der Waals surface area contributed by atoms with Crippen LogP contribution in [0.1, 0.15) is 49.5 Å². The van der Waals surface area contributed by atoms with E-state index >= 15 is 0 Å². The van der Waals surface area contributed by atoms with Crippen molar-refractivity contribution in [2.75, 3.05) is 13.7 Å². The van der Waals surface area contributed by atoms with Crippen molar-refractivity contribution >= 4 is 0 Å². The second-order valence-corrected chi connectivity index (χ2v) is 8.79. The summed E-state index contributed by atoms with van der Waals surface area (Å²) in [5, 5.41) is 14.2. The molecule has 32 heavy (non-hydrogen) atoms. The van der Waals surface area contributed by atoms with Crippen molar-refractivity contribution in [3.63, 3.8) is 0 Å². The van der Waals surface area contributed by atoms with Gasteiger partial charge in [0.15, 0.2) is 0 Å². The third-order valence-electron chi connectivity index (χ3n) is 5.73. The highest BCUT2D eigenvalue weighted by molar-refractivity contribution is 5.33. The van der Waals surface area contributed by atoms with Gasteiger partial charge in [0, 0.05) is 12.1 Å². The lowest BCUT2D eigenvalue weighted by Gasteiger charge is -2.28. The lowest BCUT2D eigenvalue weighted by atomic mass is 9.94. The Morgan fingerprint density at radius 1 is 0.906 bits per heavy atom. The summed E-state index contributed by atoms with van der Waals surface area (Å²) in [6.45, 7) is 5.41. The van der Waals surface area contributed by atoms with E-state index in [0.717, 1.165) is 41.9 Å². The van der Waals surface area contributed by atoms with Gasteiger partial charge in [-0.1, -0.05) is 60.7 Å². The first-order valence-corrected chi connectivity index (χ1v) is 11.3. The number of benzene rings is 3. The molecule has 0 radical (unpaired) electrons. The van der Waals surface area contributed by atoms with Gasteiger partial charge in [-0.25, -0.2) is 0 Å². The maximum atomic E-state index is 10.6. The Bertz CT molecular complexity index is 938. The Hall–Kier alpha value is -2.82. The Balaban J connectivity index is 1.42. The molecule has 0 spiro atoms. The Morgan fingerprint density at radius 3 is 2.31 bits per heavy atom. The number of β-amino-alcohol motifs (C(OH)–C–C–N with tert-alkyl or cyclic N) is 1. The van der Waals surface area contributed by atoms with Gasteiger partial charge in [0.25, 0.3) is 0 Å². The first-order chi connectivity index (χ1) is 15.5.